The maximum absolute atomic E-state index is 5.31. The Hall–Kier alpha value is -8.34. The van der Waals surface area contributed by atoms with E-state index >= 15 is 0 Å². The minimum absolute atomic E-state index is 0.896. The van der Waals surface area contributed by atoms with Crippen LogP contribution in [0.4, 0.5) is 0 Å². The zero-order valence-electron chi connectivity index (χ0n) is 33.6. The monoisotopic (exact) mass is 788 g/mol. The Morgan fingerprint density at radius 3 is 1.27 bits per heavy atom. The van der Waals surface area contributed by atoms with Gasteiger partial charge in [0.15, 0.2) is 0 Å². The molecule has 0 aliphatic carbocycles. The largest absolute Gasteiger partial charge is 0.248 e. The van der Waals surface area contributed by atoms with Crippen LogP contribution in [0.25, 0.3) is 122 Å². The molecule has 4 nitrogen and oxygen atoms in total. The van der Waals surface area contributed by atoms with Crippen LogP contribution in [-0.4, -0.2) is 19.9 Å². The summed E-state index contributed by atoms with van der Waals surface area (Å²) in [7, 11) is 0. The Kier molecular flexibility index (Phi) is 8.46. The molecule has 0 fully saturated rings. The van der Waals surface area contributed by atoms with Crippen molar-refractivity contribution in [2.75, 3.05) is 0 Å². The highest BCUT2D eigenvalue weighted by molar-refractivity contribution is 6.07. The van der Waals surface area contributed by atoms with Crippen molar-refractivity contribution in [3.63, 3.8) is 0 Å². The molecule has 12 rings (SSSR count). The SMILES string of the molecule is c1ccc(-c2cccc(-c3ccc4ccc(-c5ccc6ccc(-c7ccc(-c8ccc9ccc%10ccc(-c%11ccccc%11)nc%10c9n8)c8ccccc78)nc6c5)nc4c3)c2)cc1. The van der Waals surface area contributed by atoms with Gasteiger partial charge in [0.1, 0.15) is 0 Å². The summed E-state index contributed by atoms with van der Waals surface area (Å²) in [6.07, 6.45) is 0. The quantitative estimate of drug-likeness (QED) is 0.158. The second-order valence-corrected chi connectivity index (χ2v) is 15.8. The Labute approximate surface area is 358 Å². The number of pyridine rings is 4. The van der Waals surface area contributed by atoms with Crippen LogP contribution in [0.2, 0.25) is 0 Å². The van der Waals surface area contributed by atoms with Crippen LogP contribution in [0.3, 0.4) is 0 Å². The molecule has 0 atom stereocenters. The van der Waals surface area contributed by atoms with Crippen LogP contribution < -0.4 is 0 Å². The Morgan fingerprint density at radius 2 is 0.629 bits per heavy atom. The van der Waals surface area contributed by atoms with E-state index in [0.29, 0.717) is 0 Å². The first kappa shape index (κ1) is 35.6. The number of aromatic nitrogens is 4. The molecule has 288 valence electrons. The van der Waals surface area contributed by atoms with Gasteiger partial charge in [0.05, 0.1) is 44.8 Å². The molecule has 0 bridgehead atoms. The van der Waals surface area contributed by atoms with E-state index in [-0.39, 0.29) is 0 Å². The first-order valence-corrected chi connectivity index (χ1v) is 20.9. The zero-order valence-corrected chi connectivity index (χ0v) is 33.6. The van der Waals surface area contributed by atoms with Crippen LogP contribution in [-0.2, 0) is 0 Å². The molecule has 0 saturated heterocycles. The minimum Gasteiger partial charge on any atom is -0.248 e. The van der Waals surface area contributed by atoms with Crippen LogP contribution in [0.5, 0.6) is 0 Å². The van der Waals surface area contributed by atoms with E-state index in [1.54, 1.807) is 0 Å². The van der Waals surface area contributed by atoms with Gasteiger partial charge in [0.2, 0.25) is 0 Å². The Bertz CT molecular complexity index is 3690. The molecule has 0 radical (unpaired) electrons. The molecule has 0 spiro atoms. The van der Waals surface area contributed by atoms with Gasteiger partial charge in [-0.3, -0.25) is 0 Å². The standard InChI is InChI=1S/C58H36N4/c1-3-10-37(11-4-1)43-14-9-15-44(34-43)45-22-18-39-24-30-52(59-55(39)35-45)46-23-19-40-25-32-53(60-56(40)36-46)49-28-29-50(48-17-8-7-16-47(48)49)54-33-27-42-21-20-41-26-31-51(38-12-5-2-6-13-38)61-57(41)58(42)62-54/h1-36H. The third-order valence-corrected chi connectivity index (χ3v) is 12.0. The summed E-state index contributed by atoms with van der Waals surface area (Å²) in [5.74, 6) is 0. The average molecular weight is 789 g/mol. The lowest BCUT2D eigenvalue weighted by Crippen LogP contribution is -1.93. The number of nitrogens with zero attached hydrogens (tertiary/aromatic N) is 4. The van der Waals surface area contributed by atoms with Crippen molar-refractivity contribution in [3.8, 4) is 67.3 Å². The molecule has 4 heterocycles. The van der Waals surface area contributed by atoms with Gasteiger partial charge in [-0.15, -0.1) is 0 Å². The normalized spacial score (nSPS) is 11.5. The van der Waals surface area contributed by atoms with Crippen molar-refractivity contribution in [2.24, 2.45) is 0 Å². The molecular weight excluding hydrogens is 753 g/mol. The fourth-order valence-electron chi connectivity index (χ4n) is 8.83. The van der Waals surface area contributed by atoms with Crippen molar-refractivity contribution in [1.29, 1.82) is 0 Å². The average Bonchev–Trinajstić information content (AvgIpc) is 3.35. The van der Waals surface area contributed by atoms with Crippen LogP contribution in [0.1, 0.15) is 0 Å². The van der Waals surface area contributed by atoms with Crippen LogP contribution in [0.15, 0.2) is 218 Å². The topological polar surface area (TPSA) is 51.6 Å². The van der Waals surface area contributed by atoms with Gasteiger partial charge in [-0.25, -0.2) is 19.9 Å². The van der Waals surface area contributed by atoms with Gasteiger partial charge in [-0.2, -0.15) is 0 Å². The smallest absolute Gasteiger partial charge is 0.0972 e. The third-order valence-electron chi connectivity index (χ3n) is 12.0. The summed E-state index contributed by atoms with van der Waals surface area (Å²) in [4.78, 5) is 20.9. The Balaban J connectivity index is 0.901. The second-order valence-electron chi connectivity index (χ2n) is 15.8. The maximum Gasteiger partial charge on any atom is 0.0972 e. The van der Waals surface area contributed by atoms with Gasteiger partial charge in [-0.05, 0) is 75.5 Å². The number of rotatable bonds is 6. The number of fused-ring (bicyclic) bond motifs is 6. The molecular formula is C58H36N4. The van der Waals surface area contributed by atoms with Crippen molar-refractivity contribution >= 4 is 54.4 Å². The highest BCUT2D eigenvalue weighted by Gasteiger charge is 2.15. The van der Waals surface area contributed by atoms with Gasteiger partial charge in [-0.1, -0.05) is 176 Å². The van der Waals surface area contributed by atoms with Gasteiger partial charge < -0.3 is 0 Å². The Morgan fingerprint density at radius 1 is 0.226 bits per heavy atom. The summed E-state index contributed by atoms with van der Waals surface area (Å²) in [6, 6.07) is 76.8. The number of hydrogen-bond donors (Lipinski definition) is 0. The predicted octanol–water partition coefficient (Wildman–Crippen LogP) is 15.0. The van der Waals surface area contributed by atoms with Crippen molar-refractivity contribution < 1.29 is 0 Å². The van der Waals surface area contributed by atoms with Crippen LogP contribution >= 0.6 is 0 Å². The molecule has 0 aliphatic heterocycles. The highest BCUT2D eigenvalue weighted by Crippen LogP contribution is 2.37. The lowest BCUT2D eigenvalue weighted by atomic mass is 9.95. The first-order chi connectivity index (χ1) is 30.7. The first-order valence-electron chi connectivity index (χ1n) is 20.9. The molecule has 0 N–H and O–H groups in total. The molecule has 4 heteroatoms. The van der Waals surface area contributed by atoms with Gasteiger partial charge in [0.25, 0.3) is 0 Å². The van der Waals surface area contributed by atoms with E-state index in [0.717, 1.165) is 105 Å². The number of benzene rings is 8. The lowest BCUT2D eigenvalue weighted by Gasteiger charge is -2.13. The molecule has 0 unspecified atom stereocenters. The van der Waals surface area contributed by atoms with Gasteiger partial charge >= 0.3 is 0 Å². The highest BCUT2D eigenvalue weighted by atomic mass is 14.8. The number of hydrogen-bond acceptors (Lipinski definition) is 4. The van der Waals surface area contributed by atoms with E-state index in [1.165, 1.54) is 16.7 Å². The zero-order chi connectivity index (χ0) is 41.0. The van der Waals surface area contributed by atoms with E-state index in [2.05, 4.69) is 200 Å². The van der Waals surface area contributed by atoms with Crippen molar-refractivity contribution in [1.82, 2.24) is 19.9 Å². The molecule has 0 saturated carbocycles. The molecule has 62 heavy (non-hydrogen) atoms. The molecule has 4 aromatic heterocycles. The van der Waals surface area contributed by atoms with E-state index in [9.17, 15) is 0 Å². The predicted molar refractivity (Wildman–Crippen MR) is 258 cm³/mol. The lowest BCUT2D eigenvalue weighted by molar-refractivity contribution is 1.37. The fourth-order valence-corrected chi connectivity index (χ4v) is 8.83. The fraction of sp³-hybridized carbons (Fsp3) is 0. The summed E-state index contributed by atoms with van der Waals surface area (Å²) >= 11 is 0. The summed E-state index contributed by atoms with van der Waals surface area (Å²) < 4.78 is 0. The van der Waals surface area contributed by atoms with Gasteiger partial charge in [0, 0.05) is 43.8 Å². The molecule has 12 aromatic rings. The van der Waals surface area contributed by atoms with Crippen molar-refractivity contribution in [2.45, 2.75) is 0 Å². The summed E-state index contributed by atoms with van der Waals surface area (Å²) in [6.45, 7) is 0. The summed E-state index contributed by atoms with van der Waals surface area (Å²) in [5.41, 5.74) is 16.3. The van der Waals surface area contributed by atoms with E-state index in [4.69, 9.17) is 19.9 Å². The molecule has 0 amide bonds. The summed E-state index contributed by atoms with van der Waals surface area (Å²) in [5, 5.41) is 6.56. The van der Waals surface area contributed by atoms with Crippen molar-refractivity contribution in [3.05, 3.63) is 218 Å². The molecule has 8 aromatic carbocycles. The van der Waals surface area contributed by atoms with E-state index < -0.39 is 0 Å². The molecule has 0 aliphatic rings. The second kappa shape index (κ2) is 14.7. The third kappa shape index (κ3) is 6.34. The minimum atomic E-state index is 0.896. The maximum atomic E-state index is 5.31. The van der Waals surface area contributed by atoms with Crippen LogP contribution in [0, 0.1) is 0 Å². The van der Waals surface area contributed by atoms with E-state index in [1.807, 2.05) is 18.2 Å².